The first-order valence-corrected chi connectivity index (χ1v) is 9.37. The van der Waals surface area contributed by atoms with Crippen LogP contribution in [0.3, 0.4) is 0 Å². The number of hydrogen-bond acceptors (Lipinski definition) is 11. The van der Waals surface area contributed by atoms with Crippen molar-refractivity contribution in [1.29, 1.82) is 0 Å². The summed E-state index contributed by atoms with van der Waals surface area (Å²) in [5, 5.41) is 59.1. The van der Waals surface area contributed by atoms with Crippen LogP contribution in [0.2, 0.25) is 0 Å². The normalized spacial score (nSPS) is 43.4. The maximum atomic E-state index is 10.0. The predicted octanol–water partition coefficient (Wildman–Crippen LogP) is -2.03. The van der Waals surface area contributed by atoms with E-state index >= 15 is 0 Å². The zero-order chi connectivity index (χ0) is 21.3. The van der Waals surface area contributed by atoms with Crippen LogP contribution in [0, 0.1) is 0 Å². The first kappa shape index (κ1) is 22.6. The Morgan fingerprint density at radius 2 is 1.03 bits per heavy atom. The third-order valence-electron chi connectivity index (χ3n) is 5.26. The van der Waals surface area contributed by atoms with E-state index in [-0.39, 0.29) is 13.2 Å². The van der Waals surface area contributed by atoms with Gasteiger partial charge in [-0.25, -0.2) is 0 Å². The van der Waals surface area contributed by atoms with E-state index in [0.717, 1.165) is 0 Å². The van der Waals surface area contributed by atoms with Gasteiger partial charge in [0, 0.05) is 11.1 Å². The fourth-order valence-electron chi connectivity index (χ4n) is 3.25. The molecule has 2 aliphatic rings. The van der Waals surface area contributed by atoms with Crippen molar-refractivity contribution in [3.63, 3.8) is 0 Å². The smallest absolute Gasteiger partial charge is 0.186 e. The maximum absolute atomic E-state index is 10.0. The topological polar surface area (TPSA) is 171 Å². The third-order valence-corrected chi connectivity index (χ3v) is 5.26. The molecule has 11 nitrogen and oxygen atoms in total. The fraction of sp³-hybridized carbons (Fsp3) is 0.778. The minimum Gasteiger partial charge on any atom is -0.472 e. The standard InChI is InChI=1S/C18H28O11/c1-7-11(19)13(21)15(23)17(28-7)26-5-9-3-25-4-10(9)6-27-18-16(24)14(22)12(20)8(2)29-18/h3-4,7-8,11-24H,5-6H2,1-2H3/t7-,8-,11+,12+,13+,14+,15-,16-,17?,18?/m1/s1. The van der Waals surface area contributed by atoms with E-state index in [4.69, 9.17) is 23.4 Å². The van der Waals surface area contributed by atoms with Crippen molar-refractivity contribution in [2.24, 2.45) is 0 Å². The molecule has 29 heavy (non-hydrogen) atoms. The molecule has 0 aromatic carbocycles. The summed E-state index contributed by atoms with van der Waals surface area (Å²) in [5.41, 5.74) is 1.13. The number of hydrogen-bond donors (Lipinski definition) is 6. The average molecular weight is 420 g/mol. The molecule has 11 heteroatoms. The Morgan fingerprint density at radius 1 is 0.655 bits per heavy atom. The van der Waals surface area contributed by atoms with Gasteiger partial charge in [0.25, 0.3) is 0 Å². The van der Waals surface area contributed by atoms with Gasteiger partial charge in [0.1, 0.15) is 36.6 Å². The van der Waals surface area contributed by atoms with Crippen LogP contribution in [0.25, 0.3) is 0 Å². The van der Waals surface area contributed by atoms with E-state index in [2.05, 4.69) is 0 Å². The lowest BCUT2D eigenvalue weighted by molar-refractivity contribution is -0.297. The van der Waals surface area contributed by atoms with Gasteiger partial charge in [-0.15, -0.1) is 0 Å². The Bertz CT molecular complexity index is 599. The second kappa shape index (κ2) is 9.35. The highest BCUT2D eigenvalue weighted by Crippen LogP contribution is 2.25. The van der Waals surface area contributed by atoms with E-state index in [0.29, 0.717) is 11.1 Å². The summed E-state index contributed by atoms with van der Waals surface area (Å²) in [6.45, 7) is 3.01. The molecule has 10 atom stereocenters. The van der Waals surface area contributed by atoms with Gasteiger partial charge in [0.15, 0.2) is 12.6 Å². The molecule has 1 aromatic rings. The van der Waals surface area contributed by atoms with E-state index in [1.807, 2.05) is 0 Å². The van der Waals surface area contributed by atoms with Gasteiger partial charge >= 0.3 is 0 Å². The van der Waals surface area contributed by atoms with E-state index in [1.54, 1.807) is 13.8 Å². The average Bonchev–Trinajstić information content (AvgIpc) is 3.15. The molecule has 2 unspecified atom stereocenters. The van der Waals surface area contributed by atoms with Crippen LogP contribution in [-0.4, -0.2) is 92.1 Å². The summed E-state index contributed by atoms with van der Waals surface area (Å²) in [5.74, 6) is 0. The molecule has 0 bridgehead atoms. The van der Waals surface area contributed by atoms with Crippen LogP contribution in [0.1, 0.15) is 25.0 Å². The quantitative estimate of drug-likeness (QED) is 0.300. The van der Waals surface area contributed by atoms with Gasteiger partial charge < -0.3 is 54.0 Å². The van der Waals surface area contributed by atoms with Gasteiger partial charge in [-0.3, -0.25) is 0 Å². The number of rotatable bonds is 6. The highest BCUT2D eigenvalue weighted by Gasteiger charge is 2.43. The molecule has 166 valence electrons. The molecule has 2 fully saturated rings. The summed E-state index contributed by atoms with van der Waals surface area (Å²) in [6.07, 6.45) is -9.01. The molecule has 6 N–H and O–H groups in total. The molecule has 1 aromatic heterocycles. The van der Waals surface area contributed by atoms with Crippen molar-refractivity contribution in [3.8, 4) is 0 Å². The van der Waals surface area contributed by atoms with Crippen LogP contribution >= 0.6 is 0 Å². The molecule has 0 aliphatic carbocycles. The molecule has 0 amide bonds. The predicted molar refractivity (Wildman–Crippen MR) is 93.0 cm³/mol. The number of ether oxygens (including phenoxy) is 4. The minimum absolute atomic E-state index is 0.0434. The van der Waals surface area contributed by atoms with Crippen LogP contribution in [0.4, 0.5) is 0 Å². The molecule has 0 spiro atoms. The molecule has 2 saturated heterocycles. The lowest BCUT2D eigenvalue weighted by Gasteiger charge is -2.39. The highest BCUT2D eigenvalue weighted by molar-refractivity contribution is 5.19. The van der Waals surface area contributed by atoms with E-state index in [9.17, 15) is 30.6 Å². The Kier molecular flexibility index (Phi) is 7.27. The zero-order valence-corrected chi connectivity index (χ0v) is 16.1. The monoisotopic (exact) mass is 420 g/mol. The zero-order valence-electron chi connectivity index (χ0n) is 16.1. The molecular formula is C18H28O11. The van der Waals surface area contributed by atoms with Crippen LogP contribution in [0.5, 0.6) is 0 Å². The van der Waals surface area contributed by atoms with Crippen molar-refractivity contribution in [2.75, 3.05) is 0 Å². The van der Waals surface area contributed by atoms with Crippen molar-refractivity contribution < 1.29 is 54.0 Å². The maximum Gasteiger partial charge on any atom is 0.186 e. The number of aliphatic hydroxyl groups is 6. The Balaban J connectivity index is 1.55. The van der Waals surface area contributed by atoms with Gasteiger partial charge in [-0.05, 0) is 13.8 Å². The van der Waals surface area contributed by atoms with Crippen LogP contribution in [0.15, 0.2) is 16.9 Å². The molecule has 0 saturated carbocycles. The van der Waals surface area contributed by atoms with Crippen molar-refractivity contribution >= 4 is 0 Å². The third kappa shape index (κ3) is 4.80. The molecule has 2 aliphatic heterocycles. The van der Waals surface area contributed by atoms with Crippen LogP contribution < -0.4 is 0 Å². The second-order valence-corrected chi connectivity index (χ2v) is 7.41. The highest BCUT2D eigenvalue weighted by atomic mass is 16.7. The van der Waals surface area contributed by atoms with Crippen LogP contribution in [-0.2, 0) is 32.2 Å². The first-order valence-electron chi connectivity index (χ1n) is 9.37. The lowest BCUT2D eigenvalue weighted by atomic mass is 10.00. The summed E-state index contributed by atoms with van der Waals surface area (Å²) in [7, 11) is 0. The van der Waals surface area contributed by atoms with E-state index in [1.165, 1.54) is 12.5 Å². The van der Waals surface area contributed by atoms with Crippen molar-refractivity contribution in [2.45, 2.75) is 88.5 Å². The Labute approximate surface area is 167 Å². The number of aliphatic hydroxyl groups excluding tert-OH is 6. The molecule has 3 rings (SSSR count). The molecular weight excluding hydrogens is 392 g/mol. The molecule has 0 radical (unpaired) electrons. The largest absolute Gasteiger partial charge is 0.472 e. The van der Waals surface area contributed by atoms with Gasteiger partial charge in [-0.1, -0.05) is 0 Å². The first-order chi connectivity index (χ1) is 13.7. The fourth-order valence-corrected chi connectivity index (χ4v) is 3.25. The second-order valence-electron chi connectivity index (χ2n) is 7.41. The van der Waals surface area contributed by atoms with Crippen molar-refractivity contribution in [3.05, 3.63) is 23.7 Å². The summed E-state index contributed by atoms with van der Waals surface area (Å²) in [4.78, 5) is 0. The molecule has 3 heterocycles. The summed E-state index contributed by atoms with van der Waals surface area (Å²) in [6, 6.07) is 0. The minimum atomic E-state index is -1.42. The SMILES string of the molecule is C[C@H]1OC(OCc2cocc2COC2O[C@H](C)[C@H](O)[C@H](O)[C@H]2O)[C@H](O)[C@@H](O)[C@H]1O. The van der Waals surface area contributed by atoms with E-state index < -0.39 is 61.4 Å². The van der Waals surface area contributed by atoms with Gasteiger partial charge in [-0.2, -0.15) is 0 Å². The van der Waals surface area contributed by atoms with Gasteiger partial charge in [0.05, 0.1) is 37.9 Å². The van der Waals surface area contributed by atoms with Gasteiger partial charge in [0.2, 0.25) is 0 Å². The Hall–Kier alpha value is -1.12. The van der Waals surface area contributed by atoms with Crippen molar-refractivity contribution in [1.82, 2.24) is 0 Å². The Morgan fingerprint density at radius 3 is 1.41 bits per heavy atom. The summed E-state index contributed by atoms with van der Waals surface area (Å²) >= 11 is 0. The summed E-state index contributed by atoms with van der Waals surface area (Å²) < 4.78 is 26.9. The number of furan rings is 1. The lowest BCUT2D eigenvalue weighted by Crippen LogP contribution is -2.57.